The molecule has 11 nitrogen and oxygen atoms in total. The van der Waals surface area contributed by atoms with Gasteiger partial charge >= 0.3 is 0 Å². The van der Waals surface area contributed by atoms with E-state index in [1.54, 1.807) is 0 Å². The highest BCUT2D eigenvalue weighted by Crippen LogP contribution is 2.42. The number of aliphatic hydroxyl groups is 9. The minimum Gasteiger partial charge on any atom is -0.394 e. The van der Waals surface area contributed by atoms with E-state index in [-0.39, 0.29) is 0 Å². The summed E-state index contributed by atoms with van der Waals surface area (Å²) in [5.41, 5.74) is -5.66. The maximum Gasteiger partial charge on any atom is 0.184 e. The molecule has 23 heavy (non-hydrogen) atoms. The highest BCUT2D eigenvalue weighted by atomic mass is 16.6. The van der Waals surface area contributed by atoms with Crippen LogP contribution >= 0.6 is 0 Å². The van der Waals surface area contributed by atoms with Crippen molar-refractivity contribution in [3.63, 3.8) is 0 Å². The molecule has 0 radical (unpaired) electrons. The molecule has 2 fully saturated rings. The zero-order valence-corrected chi connectivity index (χ0v) is 12.0. The summed E-state index contributed by atoms with van der Waals surface area (Å²) in [4.78, 5) is 0. The van der Waals surface area contributed by atoms with Gasteiger partial charge in [-0.3, -0.25) is 0 Å². The fourth-order valence-electron chi connectivity index (χ4n) is 3.09. The first-order valence-corrected chi connectivity index (χ1v) is 6.99. The van der Waals surface area contributed by atoms with E-state index in [2.05, 4.69) is 0 Å². The lowest BCUT2D eigenvalue weighted by Gasteiger charge is -2.57. The van der Waals surface area contributed by atoms with Crippen LogP contribution < -0.4 is 0 Å². The normalized spacial score (nSPS) is 54.9. The molecular formula is C12H22O11. The molecule has 0 saturated carbocycles. The van der Waals surface area contributed by atoms with Crippen molar-refractivity contribution in [1.29, 1.82) is 0 Å². The molecule has 0 aromatic rings. The predicted octanol–water partition coefficient (Wildman–Crippen LogP) is -6.01. The first kappa shape index (κ1) is 18.9. The minimum atomic E-state index is -2.89. The Morgan fingerprint density at radius 1 is 0.870 bits per heavy atom. The van der Waals surface area contributed by atoms with Crippen LogP contribution in [0, 0.1) is 0 Å². The van der Waals surface area contributed by atoms with Gasteiger partial charge in [0.25, 0.3) is 0 Å². The van der Waals surface area contributed by atoms with Crippen LogP contribution in [0.25, 0.3) is 0 Å². The molecule has 2 heterocycles. The Hall–Kier alpha value is -0.440. The first-order chi connectivity index (χ1) is 10.6. The third kappa shape index (κ3) is 2.58. The summed E-state index contributed by atoms with van der Waals surface area (Å²) in [6, 6.07) is 0. The summed E-state index contributed by atoms with van der Waals surface area (Å²) in [5.74, 6) is 0. The van der Waals surface area contributed by atoms with Crippen LogP contribution in [0.4, 0.5) is 0 Å². The van der Waals surface area contributed by atoms with Gasteiger partial charge in [-0.2, -0.15) is 0 Å². The van der Waals surface area contributed by atoms with Crippen LogP contribution in [0.5, 0.6) is 0 Å². The molecule has 2 aliphatic heterocycles. The average Bonchev–Trinajstić information content (AvgIpc) is 2.54. The van der Waals surface area contributed by atoms with Crippen LogP contribution in [0.1, 0.15) is 0 Å². The van der Waals surface area contributed by atoms with Gasteiger partial charge in [0.2, 0.25) is 0 Å². The van der Waals surface area contributed by atoms with Gasteiger partial charge in [0, 0.05) is 0 Å². The zero-order chi connectivity index (χ0) is 17.6. The second kappa shape index (κ2) is 6.46. The highest BCUT2D eigenvalue weighted by Gasteiger charge is 2.69. The lowest BCUT2D eigenvalue weighted by atomic mass is 9.67. The van der Waals surface area contributed by atoms with Gasteiger partial charge in [-0.25, -0.2) is 0 Å². The van der Waals surface area contributed by atoms with Gasteiger partial charge in [0.15, 0.2) is 17.5 Å². The molecule has 136 valence electrons. The lowest BCUT2D eigenvalue weighted by Crippen LogP contribution is -2.82. The van der Waals surface area contributed by atoms with E-state index in [0.29, 0.717) is 0 Å². The van der Waals surface area contributed by atoms with Crippen LogP contribution in [-0.4, -0.2) is 120 Å². The van der Waals surface area contributed by atoms with E-state index >= 15 is 0 Å². The Balaban J connectivity index is 2.42. The average molecular weight is 342 g/mol. The SMILES string of the molecule is OC[C@H]1OC[C@](O)([C@]2(O)[C@H](O)[C@@H](O)[C@@H](O)O[C@@H]2CO)[C@@H](O)[C@H]1O. The molecule has 2 rings (SSSR count). The molecule has 0 amide bonds. The molecule has 2 aliphatic rings. The summed E-state index contributed by atoms with van der Waals surface area (Å²) in [7, 11) is 0. The van der Waals surface area contributed by atoms with Crippen molar-refractivity contribution < 1.29 is 55.4 Å². The van der Waals surface area contributed by atoms with E-state index in [9.17, 15) is 40.9 Å². The molecule has 0 aromatic heterocycles. The van der Waals surface area contributed by atoms with Gasteiger partial charge in [-0.05, 0) is 0 Å². The molecular weight excluding hydrogens is 320 g/mol. The highest BCUT2D eigenvalue weighted by molar-refractivity contribution is 5.18. The Kier molecular flexibility index (Phi) is 5.31. The fraction of sp³-hybridized carbons (Fsp3) is 1.00. The van der Waals surface area contributed by atoms with Crippen molar-refractivity contribution in [1.82, 2.24) is 0 Å². The second-order valence-corrected chi connectivity index (χ2v) is 5.85. The van der Waals surface area contributed by atoms with Gasteiger partial charge < -0.3 is 55.4 Å². The number of aliphatic hydroxyl groups excluding tert-OH is 7. The Morgan fingerprint density at radius 2 is 1.48 bits per heavy atom. The standard InChI is InChI=1S/C12H22O11/c13-1-4-6(15)8(17)11(20,3-22-4)12(21)5(2-14)23-10(19)7(16)9(12)18/h4-10,13-21H,1-3H2/t4-,5-,6+,7-,8+,9-,10+,11-,12-/m1/s1. The largest absolute Gasteiger partial charge is 0.394 e. The molecule has 0 unspecified atom stereocenters. The van der Waals surface area contributed by atoms with E-state index in [1.165, 1.54) is 0 Å². The van der Waals surface area contributed by atoms with E-state index < -0.39 is 73.9 Å². The van der Waals surface area contributed by atoms with Crippen molar-refractivity contribution in [3.05, 3.63) is 0 Å². The Labute approximate surface area is 130 Å². The summed E-state index contributed by atoms with van der Waals surface area (Å²) < 4.78 is 9.76. The smallest absolute Gasteiger partial charge is 0.184 e. The van der Waals surface area contributed by atoms with Crippen LogP contribution in [0.15, 0.2) is 0 Å². The van der Waals surface area contributed by atoms with Crippen molar-refractivity contribution in [2.45, 2.75) is 54.1 Å². The van der Waals surface area contributed by atoms with Crippen molar-refractivity contribution in [2.75, 3.05) is 19.8 Å². The predicted molar refractivity (Wildman–Crippen MR) is 68.7 cm³/mol. The van der Waals surface area contributed by atoms with Crippen molar-refractivity contribution in [2.24, 2.45) is 0 Å². The molecule has 2 saturated heterocycles. The first-order valence-electron chi connectivity index (χ1n) is 6.99. The van der Waals surface area contributed by atoms with Gasteiger partial charge in [-0.1, -0.05) is 0 Å². The second-order valence-electron chi connectivity index (χ2n) is 5.85. The monoisotopic (exact) mass is 342 g/mol. The topological polar surface area (TPSA) is 201 Å². The minimum absolute atomic E-state index is 0.684. The van der Waals surface area contributed by atoms with Crippen LogP contribution in [0.2, 0.25) is 0 Å². The summed E-state index contributed by atoms with van der Waals surface area (Å²) in [6.07, 6.45) is -13.3. The molecule has 11 heteroatoms. The third-order valence-corrected chi connectivity index (χ3v) is 4.61. The molecule has 0 aliphatic carbocycles. The molecule has 0 aromatic carbocycles. The van der Waals surface area contributed by atoms with Crippen LogP contribution in [0.3, 0.4) is 0 Å². The summed E-state index contributed by atoms with van der Waals surface area (Å²) in [6.45, 7) is -2.53. The fourth-order valence-corrected chi connectivity index (χ4v) is 3.09. The van der Waals surface area contributed by atoms with E-state index in [1.807, 2.05) is 0 Å². The summed E-state index contributed by atoms with van der Waals surface area (Å²) in [5, 5.41) is 89.0. The lowest BCUT2D eigenvalue weighted by molar-refractivity contribution is -0.387. The van der Waals surface area contributed by atoms with E-state index in [0.717, 1.165) is 0 Å². The quantitative estimate of drug-likeness (QED) is 0.236. The van der Waals surface area contributed by atoms with Crippen molar-refractivity contribution in [3.8, 4) is 0 Å². The van der Waals surface area contributed by atoms with E-state index in [4.69, 9.17) is 14.6 Å². The van der Waals surface area contributed by atoms with Gasteiger partial charge in [0.05, 0.1) is 19.8 Å². The van der Waals surface area contributed by atoms with Gasteiger partial charge in [0.1, 0.15) is 36.6 Å². The zero-order valence-electron chi connectivity index (χ0n) is 12.0. The Bertz CT molecular complexity index is 418. The van der Waals surface area contributed by atoms with Gasteiger partial charge in [-0.15, -0.1) is 0 Å². The number of rotatable bonds is 3. The number of hydrogen-bond acceptors (Lipinski definition) is 11. The number of ether oxygens (including phenoxy) is 2. The molecule has 9 atom stereocenters. The third-order valence-electron chi connectivity index (χ3n) is 4.61. The molecule has 0 bridgehead atoms. The molecule has 0 spiro atoms. The summed E-state index contributed by atoms with van der Waals surface area (Å²) >= 11 is 0. The number of hydrogen-bond donors (Lipinski definition) is 9. The van der Waals surface area contributed by atoms with Crippen LogP contribution in [-0.2, 0) is 9.47 Å². The van der Waals surface area contributed by atoms with Crippen molar-refractivity contribution >= 4 is 0 Å². The Morgan fingerprint density at radius 3 is 2.00 bits per heavy atom. The molecule has 9 N–H and O–H groups in total. The maximum absolute atomic E-state index is 10.7. The maximum atomic E-state index is 10.7.